The first-order valence-electron chi connectivity index (χ1n) is 6.00. The second kappa shape index (κ2) is 7.79. The van der Waals surface area contributed by atoms with Crippen LogP contribution in [0.3, 0.4) is 0 Å². The zero-order valence-corrected chi connectivity index (χ0v) is 14.8. The van der Waals surface area contributed by atoms with Crippen LogP contribution in [0.4, 0.5) is 0 Å². The SMILES string of the molecule is COc1cc(CC[N+](C)(C)C)cc(OC)c1OC.[I-]. The molecule has 19 heavy (non-hydrogen) atoms. The van der Waals surface area contributed by atoms with Crippen molar-refractivity contribution in [3.8, 4) is 17.2 Å². The lowest BCUT2D eigenvalue weighted by atomic mass is 10.1. The summed E-state index contributed by atoms with van der Waals surface area (Å²) in [4.78, 5) is 0. The molecule has 0 aliphatic carbocycles. The summed E-state index contributed by atoms with van der Waals surface area (Å²) >= 11 is 0. The molecule has 0 heterocycles. The fourth-order valence-corrected chi connectivity index (χ4v) is 1.74. The first-order valence-corrected chi connectivity index (χ1v) is 6.00. The molecule has 0 aromatic heterocycles. The Bertz CT molecular complexity index is 377. The maximum atomic E-state index is 5.34. The van der Waals surface area contributed by atoms with Crippen molar-refractivity contribution in [1.82, 2.24) is 0 Å². The van der Waals surface area contributed by atoms with Gasteiger partial charge in [-0.1, -0.05) is 0 Å². The van der Waals surface area contributed by atoms with Gasteiger partial charge in [0.15, 0.2) is 11.5 Å². The molecule has 0 N–H and O–H groups in total. The van der Waals surface area contributed by atoms with Crippen LogP contribution in [0.15, 0.2) is 12.1 Å². The molecule has 4 nitrogen and oxygen atoms in total. The molecule has 1 rings (SSSR count). The Hall–Kier alpha value is -0.690. The molecule has 0 amide bonds. The highest BCUT2D eigenvalue weighted by molar-refractivity contribution is 5.53. The van der Waals surface area contributed by atoms with Crippen LogP contribution >= 0.6 is 0 Å². The first kappa shape index (κ1) is 18.3. The Labute approximate surface area is 133 Å². The van der Waals surface area contributed by atoms with Gasteiger partial charge in [0.2, 0.25) is 5.75 Å². The van der Waals surface area contributed by atoms with Gasteiger partial charge in [-0.3, -0.25) is 0 Å². The molecular weight excluding hydrogens is 357 g/mol. The van der Waals surface area contributed by atoms with E-state index in [1.54, 1.807) is 21.3 Å². The smallest absolute Gasteiger partial charge is 0.203 e. The van der Waals surface area contributed by atoms with E-state index >= 15 is 0 Å². The topological polar surface area (TPSA) is 27.7 Å². The second-order valence-electron chi connectivity index (χ2n) is 5.30. The van der Waals surface area contributed by atoms with E-state index in [0.717, 1.165) is 17.4 Å². The fraction of sp³-hybridized carbons (Fsp3) is 0.571. The molecule has 1 aromatic rings. The highest BCUT2D eigenvalue weighted by Crippen LogP contribution is 2.38. The third-order valence-electron chi connectivity index (χ3n) is 2.80. The number of benzene rings is 1. The normalized spacial score (nSPS) is 10.6. The molecule has 0 bridgehead atoms. The number of quaternary nitrogens is 1. The van der Waals surface area contributed by atoms with E-state index in [9.17, 15) is 0 Å². The summed E-state index contributed by atoms with van der Waals surface area (Å²) in [6.45, 7) is 1.05. The van der Waals surface area contributed by atoms with Gasteiger partial charge in [0, 0.05) is 6.42 Å². The van der Waals surface area contributed by atoms with E-state index in [1.165, 1.54) is 5.56 Å². The van der Waals surface area contributed by atoms with Gasteiger partial charge >= 0.3 is 0 Å². The van der Waals surface area contributed by atoms with Crippen molar-refractivity contribution in [2.24, 2.45) is 0 Å². The van der Waals surface area contributed by atoms with E-state index in [2.05, 4.69) is 21.1 Å². The molecule has 0 atom stereocenters. The molecule has 0 unspecified atom stereocenters. The van der Waals surface area contributed by atoms with Gasteiger partial charge < -0.3 is 42.7 Å². The summed E-state index contributed by atoms with van der Waals surface area (Å²) in [6.07, 6.45) is 0.972. The van der Waals surface area contributed by atoms with Crippen LogP contribution in [-0.4, -0.2) is 53.5 Å². The van der Waals surface area contributed by atoms with Crippen LogP contribution in [-0.2, 0) is 6.42 Å². The summed E-state index contributed by atoms with van der Waals surface area (Å²) in [6, 6.07) is 4.02. The molecule has 0 saturated heterocycles. The van der Waals surface area contributed by atoms with E-state index in [-0.39, 0.29) is 24.0 Å². The van der Waals surface area contributed by atoms with Crippen LogP contribution in [0.5, 0.6) is 17.2 Å². The number of rotatable bonds is 6. The third kappa shape index (κ3) is 5.44. The molecule has 5 heteroatoms. The second-order valence-corrected chi connectivity index (χ2v) is 5.30. The Morgan fingerprint density at radius 1 is 0.895 bits per heavy atom. The Balaban J connectivity index is 0.00000324. The first-order chi connectivity index (χ1) is 8.41. The maximum Gasteiger partial charge on any atom is 0.203 e. The van der Waals surface area contributed by atoms with Gasteiger partial charge in [-0.15, -0.1) is 0 Å². The van der Waals surface area contributed by atoms with Gasteiger partial charge in [0.25, 0.3) is 0 Å². The van der Waals surface area contributed by atoms with Crippen molar-refractivity contribution in [3.05, 3.63) is 17.7 Å². The molecule has 0 fully saturated rings. The monoisotopic (exact) mass is 381 g/mol. The summed E-state index contributed by atoms with van der Waals surface area (Å²) < 4.78 is 16.9. The largest absolute Gasteiger partial charge is 1.00 e. The van der Waals surface area contributed by atoms with E-state index < -0.39 is 0 Å². The van der Waals surface area contributed by atoms with Crippen molar-refractivity contribution in [1.29, 1.82) is 0 Å². The van der Waals surface area contributed by atoms with E-state index in [4.69, 9.17) is 14.2 Å². The fourth-order valence-electron chi connectivity index (χ4n) is 1.74. The number of ether oxygens (including phenoxy) is 3. The molecule has 0 saturated carbocycles. The van der Waals surface area contributed by atoms with Crippen LogP contribution in [0.1, 0.15) is 5.56 Å². The highest BCUT2D eigenvalue weighted by Gasteiger charge is 2.14. The van der Waals surface area contributed by atoms with Gasteiger partial charge in [0.1, 0.15) is 0 Å². The predicted molar refractivity (Wildman–Crippen MR) is 72.7 cm³/mol. The molecule has 0 aliphatic heterocycles. The summed E-state index contributed by atoms with van der Waals surface area (Å²) in [5, 5.41) is 0. The average molecular weight is 381 g/mol. The number of hydrogen-bond donors (Lipinski definition) is 0. The maximum absolute atomic E-state index is 5.34. The van der Waals surface area contributed by atoms with Gasteiger partial charge in [0.05, 0.1) is 49.0 Å². The Morgan fingerprint density at radius 2 is 1.37 bits per heavy atom. The Kier molecular flexibility index (Phi) is 7.51. The molecular formula is C14H24INO3. The number of hydrogen-bond acceptors (Lipinski definition) is 3. The minimum Gasteiger partial charge on any atom is -1.00 e. The van der Waals surface area contributed by atoms with Crippen LogP contribution in [0, 0.1) is 0 Å². The van der Waals surface area contributed by atoms with E-state index in [0.29, 0.717) is 17.2 Å². The van der Waals surface area contributed by atoms with Crippen LogP contribution in [0.2, 0.25) is 0 Å². The predicted octanol–water partition coefficient (Wildman–Crippen LogP) is -1.03. The number of methoxy groups -OCH3 is 3. The lowest BCUT2D eigenvalue weighted by Crippen LogP contribution is -3.00. The van der Waals surface area contributed by atoms with E-state index in [1.807, 2.05) is 12.1 Å². The summed E-state index contributed by atoms with van der Waals surface area (Å²) in [5.41, 5.74) is 1.19. The van der Waals surface area contributed by atoms with Crippen LogP contribution < -0.4 is 38.2 Å². The highest BCUT2D eigenvalue weighted by atomic mass is 127. The van der Waals surface area contributed by atoms with Crippen molar-refractivity contribution >= 4 is 0 Å². The van der Waals surface area contributed by atoms with Crippen molar-refractivity contribution in [2.45, 2.75) is 6.42 Å². The molecule has 0 aliphatic rings. The number of likely N-dealkylation sites (N-methyl/N-ethyl adjacent to an activating group) is 1. The van der Waals surface area contributed by atoms with Gasteiger partial charge in [-0.25, -0.2) is 0 Å². The zero-order chi connectivity index (χ0) is 13.8. The third-order valence-corrected chi connectivity index (χ3v) is 2.80. The standard InChI is InChI=1S/C14H24NO3.HI/c1-15(2,3)8-7-11-9-12(16-4)14(18-6)13(10-11)17-5;/h9-10H,7-8H2,1-6H3;1H/q+1;/p-1. The summed E-state index contributed by atoms with van der Waals surface area (Å²) in [7, 11) is 11.4. The molecule has 110 valence electrons. The van der Waals surface area contributed by atoms with Crippen LogP contribution in [0.25, 0.3) is 0 Å². The zero-order valence-electron chi connectivity index (χ0n) is 12.6. The molecule has 1 aromatic carbocycles. The van der Waals surface area contributed by atoms with Crippen molar-refractivity contribution in [2.75, 3.05) is 49.0 Å². The van der Waals surface area contributed by atoms with Gasteiger partial charge in [-0.2, -0.15) is 0 Å². The quantitative estimate of drug-likeness (QED) is 0.466. The molecule has 0 spiro atoms. The minimum absolute atomic E-state index is 0. The minimum atomic E-state index is 0. The number of halogens is 1. The van der Waals surface area contributed by atoms with Gasteiger partial charge in [-0.05, 0) is 17.7 Å². The lowest BCUT2D eigenvalue weighted by molar-refractivity contribution is -0.870. The average Bonchev–Trinajstić information content (AvgIpc) is 2.33. The summed E-state index contributed by atoms with van der Waals surface area (Å²) in [5.74, 6) is 2.08. The Morgan fingerprint density at radius 3 is 1.68 bits per heavy atom. The molecule has 0 radical (unpaired) electrons. The van der Waals surface area contributed by atoms with Crippen molar-refractivity contribution < 1.29 is 42.7 Å². The number of nitrogens with zero attached hydrogens (tertiary/aromatic N) is 1. The van der Waals surface area contributed by atoms with Crippen molar-refractivity contribution in [3.63, 3.8) is 0 Å². The lowest BCUT2D eigenvalue weighted by Gasteiger charge is -2.24.